The second kappa shape index (κ2) is 8.57. The van der Waals surface area contributed by atoms with Gasteiger partial charge in [-0.2, -0.15) is 0 Å². The summed E-state index contributed by atoms with van der Waals surface area (Å²) in [5, 5.41) is 7.52. The van der Waals surface area contributed by atoms with E-state index in [1.165, 1.54) is 0 Å². The zero-order valence-electron chi connectivity index (χ0n) is 17.1. The van der Waals surface area contributed by atoms with E-state index in [0.717, 1.165) is 48.9 Å². The highest BCUT2D eigenvalue weighted by Gasteiger charge is 2.57. The number of rotatable bonds is 4. The molecule has 2 aromatic rings. The molecule has 3 aliphatic rings. The summed E-state index contributed by atoms with van der Waals surface area (Å²) in [6.45, 7) is 4.91. The standard InChI is InChI=1S/C22H28N4O3.ClH/c27-20(25-9-11-29-12-10-25)15-26-8-3-16-13-17(1-2-19(16)26)24-21(28)18-14-22(18)4-6-23-7-5-22;/h1-3,8,13,18,23H,4-7,9-12,14-15H2,(H,24,28);1H. The normalized spacial score (nSPS) is 22.5. The number of hydrogen-bond donors (Lipinski definition) is 2. The summed E-state index contributed by atoms with van der Waals surface area (Å²) in [5.74, 6) is 0.411. The van der Waals surface area contributed by atoms with Crippen LogP contribution >= 0.6 is 12.4 Å². The van der Waals surface area contributed by atoms with Crippen molar-refractivity contribution in [3.8, 4) is 0 Å². The summed E-state index contributed by atoms with van der Waals surface area (Å²) in [4.78, 5) is 27.1. The second-order valence-electron chi connectivity index (χ2n) is 8.57. The van der Waals surface area contributed by atoms with Gasteiger partial charge in [0.15, 0.2) is 0 Å². The number of morpholine rings is 1. The third-order valence-corrected chi connectivity index (χ3v) is 6.81. The molecule has 1 aliphatic carbocycles. The van der Waals surface area contributed by atoms with Gasteiger partial charge < -0.3 is 24.8 Å². The van der Waals surface area contributed by atoms with E-state index in [2.05, 4.69) is 10.6 Å². The molecule has 3 fully saturated rings. The first-order valence-corrected chi connectivity index (χ1v) is 10.6. The molecule has 1 spiro atoms. The fraction of sp³-hybridized carbons (Fsp3) is 0.545. The SMILES string of the molecule is Cl.O=C(Nc1ccc2c(ccn2CC(=O)N2CCOCC2)c1)C1CC12CCNCC2. The monoisotopic (exact) mass is 432 g/mol. The molecule has 1 unspecified atom stereocenters. The lowest BCUT2D eigenvalue weighted by Crippen LogP contribution is -2.42. The Morgan fingerprint density at radius 3 is 2.70 bits per heavy atom. The van der Waals surface area contributed by atoms with Crippen LogP contribution in [0.15, 0.2) is 30.5 Å². The highest BCUT2D eigenvalue weighted by molar-refractivity contribution is 5.97. The quantitative estimate of drug-likeness (QED) is 0.777. The Balaban J connectivity index is 0.00000218. The van der Waals surface area contributed by atoms with Gasteiger partial charge in [-0.15, -0.1) is 12.4 Å². The predicted molar refractivity (Wildman–Crippen MR) is 118 cm³/mol. The number of carbonyl (C=O) groups excluding carboxylic acids is 2. The maximum Gasteiger partial charge on any atom is 0.242 e. The smallest absolute Gasteiger partial charge is 0.242 e. The molecule has 5 rings (SSSR count). The molecule has 2 N–H and O–H groups in total. The number of hydrogen-bond acceptors (Lipinski definition) is 4. The van der Waals surface area contributed by atoms with Gasteiger partial charge in [-0.1, -0.05) is 0 Å². The molecule has 1 saturated carbocycles. The molecular weight excluding hydrogens is 404 g/mol. The molecule has 2 saturated heterocycles. The van der Waals surface area contributed by atoms with E-state index < -0.39 is 0 Å². The first-order valence-electron chi connectivity index (χ1n) is 10.6. The van der Waals surface area contributed by atoms with E-state index in [4.69, 9.17) is 4.74 Å². The average molecular weight is 433 g/mol. The first kappa shape index (κ1) is 21.2. The molecule has 1 aromatic carbocycles. The van der Waals surface area contributed by atoms with Crippen LogP contribution in [0.2, 0.25) is 0 Å². The van der Waals surface area contributed by atoms with Gasteiger partial charge in [0.25, 0.3) is 0 Å². The van der Waals surface area contributed by atoms with Crippen molar-refractivity contribution in [1.82, 2.24) is 14.8 Å². The van der Waals surface area contributed by atoms with Crippen molar-refractivity contribution in [3.63, 3.8) is 0 Å². The number of anilines is 1. The number of benzene rings is 1. The molecule has 1 aromatic heterocycles. The largest absolute Gasteiger partial charge is 0.378 e. The molecule has 1 atom stereocenters. The van der Waals surface area contributed by atoms with Gasteiger partial charge in [0.2, 0.25) is 11.8 Å². The number of nitrogens with zero attached hydrogens (tertiary/aromatic N) is 2. The van der Waals surface area contributed by atoms with Gasteiger partial charge in [-0.3, -0.25) is 9.59 Å². The van der Waals surface area contributed by atoms with Crippen molar-refractivity contribution < 1.29 is 14.3 Å². The third kappa shape index (κ3) is 4.06. The molecule has 2 amide bonds. The van der Waals surface area contributed by atoms with Crippen molar-refractivity contribution in [2.75, 3.05) is 44.7 Å². The zero-order chi connectivity index (χ0) is 19.8. The van der Waals surface area contributed by atoms with E-state index in [1.807, 2.05) is 39.9 Å². The lowest BCUT2D eigenvalue weighted by Gasteiger charge is -2.27. The van der Waals surface area contributed by atoms with Gasteiger partial charge in [0.05, 0.1) is 13.2 Å². The molecule has 0 bridgehead atoms. The van der Waals surface area contributed by atoms with Gasteiger partial charge in [0, 0.05) is 41.8 Å². The van der Waals surface area contributed by atoms with Gasteiger partial charge >= 0.3 is 0 Å². The molecule has 0 radical (unpaired) electrons. The number of aromatic nitrogens is 1. The number of ether oxygens (including phenoxy) is 1. The third-order valence-electron chi connectivity index (χ3n) is 6.81. The first-order chi connectivity index (χ1) is 14.1. The van der Waals surface area contributed by atoms with Crippen molar-refractivity contribution in [3.05, 3.63) is 30.5 Å². The minimum atomic E-state index is 0. The average Bonchev–Trinajstić information content (AvgIpc) is 3.30. The van der Waals surface area contributed by atoms with Crippen LogP contribution in [0.4, 0.5) is 5.69 Å². The van der Waals surface area contributed by atoms with Crippen molar-refractivity contribution in [2.45, 2.75) is 25.8 Å². The molecule has 8 heteroatoms. The van der Waals surface area contributed by atoms with Crippen molar-refractivity contribution >= 4 is 40.8 Å². The highest BCUT2D eigenvalue weighted by Crippen LogP contribution is 2.58. The Hall–Kier alpha value is -2.09. The molecule has 30 heavy (non-hydrogen) atoms. The molecule has 7 nitrogen and oxygen atoms in total. The van der Waals surface area contributed by atoms with Gasteiger partial charge in [-0.25, -0.2) is 0 Å². The molecule has 2 aliphatic heterocycles. The molecule has 162 valence electrons. The number of amides is 2. The topological polar surface area (TPSA) is 75.6 Å². The van der Waals surface area contributed by atoms with Crippen LogP contribution in [0.25, 0.3) is 10.9 Å². The zero-order valence-corrected chi connectivity index (χ0v) is 17.9. The van der Waals surface area contributed by atoms with Gasteiger partial charge in [-0.05, 0) is 62.0 Å². The van der Waals surface area contributed by atoms with Crippen LogP contribution in [-0.4, -0.2) is 60.7 Å². The van der Waals surface area contributed by atoms with Crippen LogP contribution in [0.5, 0.6) is 0 Å². The lowest BCUT2D eigenvalue weighted by molar-refractivity contribution is -0.135. The van der Waals surface area contributed by atoms with E-state index >= 15 is 0 Å². The van der Waals surface area contributed by atoms with E-state index in [0.29, 0.717) is 32.8 Å². The van der Waals surface area contributed by atoms with Crippen molar-refractivity contribution in [2.24, 2.45) is 11.3 Å². The molecular formula is C22H29ClN4O3. The Morgan fingerprint density at radius 1 is 1.17 bits per heavy atom. The Kier molecular flexibility index (Phi) is 6.04. The summed E-state index contributed by atoms with van der Waals surface area (Å²) in [6, 6.07) is 7.93. The second-order valence-corrected chi connectivity index (χ2v) is 8.57. The lowest BCUT2D eigenvalue weighted by atomic mass is 9.92. The fourth-order valence-corrected chi connectivity index (χ4v) is 4.90. The van der Waals surface area contributed by atoms with Crippen LogP contribution in [0.1, 0.15) is 19.3 Å². The number of nitrogens with one attached hydrogen (secondary N) is 2. The summed E-state index contributed by atoms with van der Waals surface area (Å²) in [5.41, 5.74) is 2.07. The maximum atomic E-state index is 12.7. The van der Waals surface area contributed by atoms with E-state index in [1.54, 1.807) is 0 Å². The van der Waals surface area contributed by atoms with Crippen LogP contribution in [0.3, 0.4) is 0 Å². The van der Waals surface area contributed by atoms with E-state index in [9.17, 15) is 9.59 Å². The number of fused-ring (bicyclic) bond motifs is 1. The van der Waals surface area contributed by atoms with Crippen LogP contribution in [0, 0.1) is 11.3 Å². The summed E-state index contributed by atoms with van der Waals surface area (Å²) in [6.07, 6.45) is 5.16. The van der Waals surface area contributed by atoms with Gasteiger partial charge in [0.1, 0.15) is 6.54 Å². The Bertz CT molecular complexity index is 932. The highest BCUT2D eigenvalue weighted by atomic mass is 35.5. The summed E-state index contributed by atoms with van der Waals surface area (Å²) >= 11 is 0. The van der Waals surface area contributed by atoms with Crippen LogP contribution < -0.4 is 10.6 Å². The minimum Gasteiger partial charge on any atom is -0.378 e. The summed E-state index contributed by atoms with van der Waals surface area (Å²) in [7, 11) is 0. The molecule has 3 heterocycles. The Labute approximate surface area is 182 Å². The Morgan fingerprint density at radius 2 is 1.93 bits per heavy atom. The summed E-state index contributed by atoms with van der Waals surface area (Å²) < 4.78 is 7.30. The van der Waals surface area contributed by atoms with Crippen LogP contribution in [-0.2, 0) is 20.9 Å². The van der Waals surface area contributed by atoms with Crippen molar-refractivity contribution in [1.29, 1.82) is 0 Å². The van der Waals surface area contributed by atoms with E-state index in [-0.39, 0.29) is 35.6 Å². The minimum absolute atomic E-state index is 0. The number of piperidine rings is 1. The maximum absolute atomic E-state index is 12.7. The predicted octanol–water partition coefficient (Wildman–Crippen LogP) is 2.25. The number of carbonyl (C=O) groups is 2. The number of halogens is 1. The fourth-order valence-electron chi connectivity index (χ4n) is 4.90.